The van der Waals surface area contributed by atoms with Crippen LogP contribution in [0.25, 0.3) is 15.8 Å². The molecule has 1 fully saturated rings. The summed E-state index contributed by atoms with van der Waals surface area (Å²) in [5, 5.41) is 3.38. The van der Waals surface area contributed by atoms with E-state index in [9.17, 15) is 0 Å². The van der Waals surface area contributed by atoms with Crippen LogP contribution in [0.15, 0.2) is 48.5 Å². The Morgan fingerprint density at radius 2 is 1.79 bits per heavy atom. The zero-order valence-corrected chi connectivity index (χ0v) is 12.9. The first-order valence-corrected chi connectivity index (χ1v) is 8.90. The summed E-state index contributed by atoms with van der Waals surface area (Å²) in [5.41, 5.74) is 1.12. The van der Waals surface area contributed by atoms with Crippen LogP contribution in [0.2, 0.25) is 0 Å². The third kappa shape index (κ3) is 3.31. The van der Waals surface area contributed by atoms with Crippen molar-refractivity contribution in [1.29, 1.82) is 0 Å². The molecule has 98 valence electrons. The topological polar surface area (TPSA) is 0 Å². The van der Waals surface area contributed by atoms with Crippen LogP contribution in [0.3, 0.4) is 0 Å². The lowest BCUT2D eigenvalue weighted by molar-refractivity contribution is 1.11. The van der Waals surface area contributed by atoms with E-state index in [4.69, 9.17) is 11.6 Å². The van der Waals surface area contributed by atoms with Crippen LogP contribution in [0, 0.1) is 0 Å². The number of fused-ring (bicyclic) bond motifs is 1. The van der Waals surface area contributed by atoms with Gasteiger partial charge in [0.15, 0.2) is 0 Å². The number of rotatable bonds is 2. The van der Waals surface area contributed by atoms with Gasteiger partial charge >= 0.3 is 0 Å². The molecule has 1 aliphatic rings. The van der Waals surface area contributed by atoms with E-state index in [1.807, 2.05) is 23.5 Å². The van der Waals surface area contributed by atoms with E-state index in [0.717, 1.165) is 10.6 Å². The molecule has 0 atom stereocenters. The average molecular weight is 307 g/mol. The minimum Gasteiger partial charge on any atom is -0.143 e. The van der Waals surface area contributed by atoms with Gasteiger partial charge in [0.05, 0.1) is 4.58 Å². The van der Waals surface area contributed by atoms with Gasteiger partial charge < -0.3 is 0 Å². The predicted octanol–water partition coefficient (Wildman–Crippen LogP) is 5.62. The molecule has 0 amide bonds. The van der Waals surface area contributed by atoms with Crippen molar-refractivity contribution >= 4 is 50.9 Å². The van der Waals surface area contributed by atoms with Gasteiger partial charge in [-0.1, -0.05) is 48.0 Å². The van der Waals surface area contributed by atoms with E-state index in [2.05, 4.69) is 48.5 Å². The predicted molar refractivity (Wildman–Crippen MR) is 91.1 cm³/mol. The summed E-state index contributed by atoms with van der Waals surface area (Å²) < 4.78 is 0.507. The molecule has 0 saturated carbocycles. The summed E-state index contributed by atoms with van der Waals surface area (Å²) >= 11 is 10.5. The highest BCUT2D eigenvalue weighted by molar-refractivity contribution is 8.17. The Bertz CT molecular complexity index is 600. The van der Waals surface area contributed by atoms with E-state index >= 15 is 0 Å². The van der Waals surface area contributed by atoms with E-state index in [1.54, 1.807) is 0 Å². The number of benzene rings is 2. The zero-order chi connectivity index (χ0) is 13.1. The SMILES string of the molecule is Cl/C(=C\C1SCCCS1)c1ccc2ccccc2c1. The molecule has 3 rings (SSSR count). The van der Waals surface area contributed by atoms with Crippen molar-refractivity contribution in [1.82, 2.24) is 0 Å². The highest BCUT2D eigenvalue weighted by atomic mass is 35.5. The van der Waals surface area contributed by atoms with Crippen LogP contribution in [0.4, 0.5) is 0 Å². The summed E-state index contributed by atoms with van der Waals surface area (Å²) in [7, 11) is 0. The normalized spacial score (nSPS) is 17.8. The first-order valence-electron chi connectivity index (χ1n) is 6.43. The van der Waals surface area contributed by atoms with Crippen molar-refractivity contribution < 1.29 is 0 Å². The largest absolute Gasteiger partial charge is 0.143 e. The third-order valence-corrected chi connectivity index (χ3v) is 6.30. The molecule has 2 aromatic rings. The Balaban J connectivity index is 1.87. The number of hydrogen-bond acceptors (Lipinski definition) is 2. The van der Waals surface area contributed by atoms with Crippen molar-refractivity contribution in [2.24, 2.45) is 0 Å². The van der Waals surface area contributed by atoms with E-state index in [0.29, 0.717) is 4.58 Å². The lowest BCUT2D eigenvalue weighted by Gasteiger charge is -2.18. The Hall–Kier alpha value is -0.570. The van der Waals surface area contributed by atoms with Gasteiger partial charge in [0.25, 0.3) is 0 Å². The minimum atomic E-state index is 0.507. The molecule has 1 saturated heterocycles. The Labute approximate surface area is 127 Å². The van der Waals surface area contributed by atoms with Gasteiger partial charge in [0.1, 0.15) is 0 Å². The third-order valence-electron chi connectivity index (χ3n) is 3.16. The maximum atomic E-state index is 6.47. The molecule has 0 unspecified atom stereocenters. The molecule has 0 N–H and O–H groups in total. The molecule has 3 heteroatoms. The van der Waals surface area contributed by atoms with Crippen LogP contribution < -0.4 is 0 Å². The maximum absolute atomic E-state index is 6.47. The van der Waals surface area contributed by atoms with Crippen LogP contribution in [0.5, 0.6) is 0 Å². The molecule has 0 spiro atoms. The maximum Gasteiger partial charge on any atom is 0.0699 e. The molecule has 1 aliphatic heterocycles. The molecule has 0 aliphatic carbocycles. The van der Waals surface area contributed by atoms with Gasteiger partial charge in [-0.3, -0.25) is 0 Å². The summed E-state index contributed by atoms with van der Waals surface area (Å²) in [5.74, 6) is 2.49. The number of thioether (sulfide) groups is 2. The quantitative estimate of drug-likeness (QED) is 0.706. The van der Waals surface area contributed by atoms with Crippen LogP contribution in [-0.2, 0) is 0 Å². The summed E-state index contributed by atoms with van der Waals surface area (Å²) in [6.45, 7) is 0. The molecule has 1 heterocycles. The van der Waals surface area contributed by atoms with Gasteiger partial charge in [-0.15, -0.1) is 23.5 Å². The molecule has 0 radical (unpaired) electrons. The van der Waals surface area contributed by atoms with Crippen molar-refractivity contribution in [2.45, 2.75) is 11.0 Å². The van der Waals surface area contributed by atoms with Gasteiger partial charge in [0, 0.05) is 5.03 Å². The van der Waals surface area contributed by atoms with Crippen LogP contribution in [-0.4, -0.2) is 16.1 Å². The average Bonchev–Trinajstić information content (AvgIpc) is 2.48. The second-order valence-electron chi connectivity index (χ2n) is 4.54. The van der Waals surface area contributed by atoms with Crippen molar-refractivity contribution in [3.8, 4) is 0 Å². The summed E-state index contributed by atoms with van der Waals surface area (Å²) in [6, 6.07) is 14.8. The van der Waals surface area contributed by atoms with Crippen LogP contribution >= 0.6 is 35.1 Å². The highest BCUT2D eigenvalue weighted by Crippen LogP contribution is 2.35. The molecular weight excluding hydrogens is 292 g/mol. The highest BCUT2D eigenvalue weighted by Gasteiger charge is 2.13. The molecule has 19 heavy (non-hydrogen) atoms. The fourth-order valence-corrected chi connectivity index (χ4v) is 5.24. The van der Waals surface area contributed by atoms with Gasteiger partial charge in [0.2, 0.25) is 0 Å². The molecule has 0 aromatic heterocycles. The number of hydrogen-bond donors (Lipinski definition) is 0. The zero-order valence-electron chi connectivity index (χ0n) is 10.5. The van der Waals surface area contributed by atoms with Crippen molar-refractivity contribution in [2.75, 3.05) is 11.5 Å². The van der Waals surface area contributed by atoms with E-state index in [-0.39, 0.29) is 0 Å². The van der Waals surface area contributed by atoms with Crippen molar-refractivity contribution in [3.05, 3.63) is 54.1 Å². The van der Waals surface area contributed by atoms with Gasteiger partial charge in [-0.25, -0.2) is 0 Å². The second-order valence-corrected chi connectivity index (χ2v) is 7.74. The monoisotopic (exact) mass is 306 g/mol. The molecule has 2 aromatic carbocycles. The van der Waals surface area contributed by atoms with E-state index < -0.39 is 0 Å². The number of halogens is 1. The standard InChI is InChI=1S/C16H15ClS2/c17-15(11-16-18-8-3-9-19-16)14-7-6-12-4-1-2-5-13(12)10-14/h1-2,4-7,10-11,16H,3,8-9H2/b15-11-. The Kier molecular flexibility index (Phi) is 4.42. The van der Waals surface area contributed by atoms with Gasteiger partial charge in [-0.2, -0.15) is 0 Å². The minimum absolute atomic E-state index is 0.507. The lowest BCUT2D eigenvalue weighted by atomic mass is 10.1. The second kappa shape index (κ2) is 6.25. The van der Waals surface area contributed by atoms with Gasteiger partial charge in [-0.05, 0) is 46.4 Å². The summed E-state index contributed by atoms with van der Waals surface area (Å²) in [6.07, 6.45) is 3.51. The molecular formula is C16H15ClS2. The molecule has 0 nitrogen and oxygen atoms in total. The fourth-order valence-electron chi connectivity index (χ4n) is 2.16. The molecule has 0 bridgehead atoms. The first-order chi connectivity index (χ1) is 9.33. The van der Waals surface area contributed by atoms with E-state index in [1.165, 1.54) is 28.7 Å². The Morgan fingerprint density at radius 1 is 1.05 bits per heavy atom. The first kappa shape index (κ1) is 13.4. The Morgan fingerprint density at radius 3 is 2.58 bits per heavy atom. The van der Waals surface area contributed by atoms with Crippen molar-refractivity contribution in [3.63, 3.8) is 0 Å². The fraction of sp³-hybridized carbons (Fsp3) is 0.250. The lowest BCUT2D eigenvalue weighted by Crippen LogP contribution is -2.03. The summed E-state index contributed by atoms with van der Waals surface area (Å²) in [4.78, 5) is 0. The smallest absolute Gasteiger partial charge is 0.0699 e. The van der Waals surface area contributed by atoms with Crippen LogP contribution in [0.1, 0.15) is 12.0 Å².